The Morgan fingerprint density at radius 2 is 1.34 bits per heavy atom. The lowest BCUT2D eigenvalue weighted by Gasteiger charge is -2.30. The van der Waals surface area contributed by atoms with E-state index in [1.165, 1.54) is 64.2 Å². The van der Waals surface area contributed by atoms with Crippen LogP contribution in [0.2, 0.25) is 0 Å². The van der Waals surface area contributed by atoms with Gasteiger partial charge in [-0.2, -0.15) is 0 Å². The zero-order chi connectivity index (χ0) is 27.5. The Hall–Kier alpha value is -1.21. The second-order valence-electron chi connectivity index (χ2n) is 11.3. The zero-order valence-corrected chi connectivity index (χ0v) is 25.1. The first kappa shape index (κ1) is 36.8. The number of carbonyl (C=O) groups is 3. The molecule has 0 bridgehead atoms. The maximum Gasteiger partial charge on any atom is 0.305 e. The minimum atomic E-state index is -0.141. The van der Waals surface area contributed by atoms with E-state index in [9.17, 15) is 14.4 Å². The van der Waals surface area contributed by atoms with Crippen molar-refractivity contribution in [3.05, 3.63) is 0 Å². The second-order valence-corrected chi connectivity index (χ2v) is 11.3. The fourth-order valence-electron chi connectivity index (χ4n) is 6.07. The van der Waals surface area contributed by atoms with Gasteiger partial charge in [-0.15, -0.1) is 0 Å². The van der Waals surface area contributed by atoms with Gasteiger partial charge in [0, 0.05) is 41.4 Å². The monoisotopic (exact) mass is 535 g/mol. The molecule has 0 N–H and O–H groups in total. The van der Waals surface area contributed by atoms with E-state index in [1.807, 2.05) is 6.92 Å². The van der Waals surface area contributed by atoms with Gasteiger partial charge in [-0.25, -0.2) is 0 Å². The molecule has 0 spiro atoms. The van der Waals surface area contributed by atoms with E-state index in [0.717, 1.165) is 38.0 Å². The number of ether oxygens (including phenoxy) is 3. The third-order valence-electron chi connectivity index (χ3n) is 8.18. The summed E-state index contributed by atoms with van der Waals surface area (Å²) in [5.74, 6) is 1.78. The SMILES string of the molecule is CCOC(=O)CCCCC(C(C)=O)C(CC1CCCCC1)OC.COC(CC(C)=O)CC1CCCCC1.[B]. The van der Waals surface area contributed by atoms with Crippen molar-refractivity contribution in [2.24, 2.45) is 17.8 Å². The van der Waals surface area contributed by atoms with Gasteiger partial charge in [0.25, 0.3) is 0 Å². The van der Waals surface area contributed by atoms with Crippen LogP contribution in [0.4, 0.5) is 0 Å². The molecule has 0 saturated heterocycles. The molecule has 0 aromatic rings. The average molecular weight is 536 g/mol. The molecule has 2 fully saturated rings. The molecule has 2 rings (SSSR count). The van der Waals surface area contributed by atoms with E-state index in [-0.39, 0.29) is 44.1 Å². The Labute approximate surface area is 235 Å². The topological polar surface area (TPSA) is 78.9 Å². The summed E-state index contributed by atoms with van der Waals surface area (Å²) < 4.78 is 16.0. The van der Waals surface area contributed by atoms with Crippen molar-refractivity contribution < 1.29 is 28.6 Å². The quantitative estimate of drug-likeness (QED) is 0.122. The molecule has 3 unspecified atom stereocenters. The van der Waals surface area contributed by atoms with Crippen LogP contribution in [-0.2, 0) is 28.6 Å². The minimum Gasteiger partial charge on any atom is -0.466 e. The summed E-state index contributed by atoms with van der Waals surface area (Å²) in [5, 5.41) is 0. The molecule has 38 heavy (non-hydrogen) atoms. The number of methoxy groups -OCH3 is 2. The first-order valence-electron chi connectivity index (χ1n) is 15.0. The molecule has 0 aromatic carbocycles. The molecule has 7 heteroatoms. The predicted molar refractivity (Wildman–Crippen MR) is 154 cm³/mol. The van der Waals surface area contributed by atoms with Crippen LogP contribution in [0.25, 0.3) is 0 Å². The summed E-state index contributed by atoms with van der Waals surface area (Å²) in [6.45, 7) is 5.57. The number of Topliss-reactive ketones (excluding diaryl/α,β-unsaturated/α-hetero) is 2. The van der Waals surface area contributed by atoms with Crippen LogP contribution in [0.3, 0.4) is 0 Å². The van der Waals surface area contributed by atoms with Gasteiger partial charge in [-0.3, -0.25) is 14.4 Å². The maximum absolute atomic E-state index is 12.0. The van der Waals surface area contributed by atoms with E-state index in [0.29, 0.717) is 25.4 Å². The largest absolute Gasteiger partial charge is 0.466 e. The second kappa shape index (κ2) is 22.6. The third-order valence-corrected chi connectivity index (χ3v) is 8.18. The van der Waals surface area contributed by atoms with Crippen LogP contribution in [-0.4, -0.2) is 59.0 Å². The fraction of sp³-hybridized carbons (Fsp3) is 0.903. The highest BCUT2D eigenvalue weighted by Gasteiger charge is 2.28. The van der Waals surface area contributed by atoms with Gasteiger partial charge in [-0.1, -0.05) is 70.6 Å². The lowest BCUT2D eigenvalue weighted by Crippen LogP contribution is -2.31. The third kappa shape index (κ3) is 16.7. The van der Waals surface area contributed by atoms with E-state index < -0.39 is 0 Å². The summed E-state index contributed by atoms with van der Waals surface area (Å²) in [6.07, 6.45) is 19.0. The molecule has 0 aliphatic heterocycles. The van der Waals surface area contributed by atoms with Gasteiger partial charge in [0.2, 0.25) is 0 Å². The van der Waals surface area contributed by atoms with Crippen molar-refractivity contribution in [3.8, 4) is 0 Å². The molecule has 0 heterocycles. The molecule has 219 valence electrons. The Balaban J connectivity index is 0.000000783. The van der Waals surface area contributed by atoms with Crippen LogP contribution < -0.4 is 0 Å². The fourth-order valence-corrected chi connectivity index (χ4v) is 6.07. The molecule has 3 atom stereocenters. The molecule has 2 saturated carbocycles. The minimum absolute atomic E-state index is 0. The summed E-state index contributed by atoms with van der Waals surface area (Å²) in [6, 6.07) is 0. The van der Waals surface area contributed by atoms with E-state index >= 15 is 0 Å². The first-order valence-corrected chi connectivity index (χ1v) is 15.0. The van der Waals surface area contributed by atoms with Crippen molar-refractivity contribution >= 4 is 25.9 Å². The van der Waals surface area contributed by atoms with E-state index in [4.69, 9.17) is 14.2 Å². The summed E-state index contributed by atoms with van der Waals surface area (Å²) >= 11 is 0. The highest BCUT2D eigenvalue weighted by molar-refractivity contribution is 5.79. The van der Waals surface area contributed by atoms with Crippen molar-refractivity contribution in [2.75, 3.05) is 20.8 Å². The molecular formula is C31H56BO6. The van der Waals surface area contributed by atoms with Crippen LogP contribution in [0.5, 0.6) is 0 Å². The summed E-state index contributed by atoms with van der Waals surface area (Å²) in [5.41, 5.74) is 0. The number of hydrogen-bond acceptors (Lipinski definition) is 6. The molecule has 2 aliphatic carbocycles. The standard InChI is InChI=1S/C19H34O4.C12H22O2.B/c1-4-23-19(21)13-9-8-12-17(15(2)20)18(22-3)14-16-10-6-5-7-11-16;1-10(13)8-12(14-2)9-11-6-4-3-5-7-11;/h16-18H,4-14H2,1-3H3;11-12H,3-9H2,1-2H3;. The number of hydrogen-bond donors (Lipinski definition) is 0. The summed E-state index contributed by atoms with van der Waals surface area (Å²) in [7, 11) is 3.44. The Morgan fingerprint density at radius 1 is 0.789 bits per heavy atom. The van der Waals surface area contributed by atoms with Crippen LogP contribution >= 0.6 is 0 Å². The smallest absolute Gasteiger partial charge is 0.305 e. The lowest BCUT2D eigenvalue weighted by molar-refractivity contribution is -0.143. The van der Waals surface area contributed by atoms with Crippen molar-refractivity contribution in [1.29, 1.82) is 0 Å². The molecule has 0 amide bonds. The number of ketones is 2. The first-order chi connectivity index (χ1) is 17.8. The van der Waals surface area contributed by atoms with E-state index in [2.05, 4.69) is 0 Å². The van der Waals surface area contributed by atoms with Crippen molar-refractivity contribution in [3.63, 3.8) is 0 Å². The number of carbonyl (C=O) groups excluding carboxylic acids is 3. The normalized spacial score (nSPS) is 18.8. The number of esters is 1. The Morgan fingerprint density at radius 3 is 1.79 bits per heavy atom. The predicted octanol–water partition coefficient (Wildman–Crippen LogP) is 6.87. The Bertz CT molecular complexity index is 628. The van der Waals surface area contributed by atoms with Gasteiger partial charge in [0.1, 0.15) is 11.6 Å². The molecule has 0 aromatic heterocycles. The summed E-state index contributed by atoms with van der Waals surface area (Å²) in [4.78, 5) is 34.4. The van der Waals surface area contributed by atoms with Crippen LogP contribution in [0.1, 0.15) is 130 Å². The highest BCUT2D eigenvalue weighted by Crippen LogP contribution is 2.32. The highest BCUT2D eigenvalue weighted by atomic mass is 16.5. The van der Waals surface area contributed by atoms with Crippen LogP contribution in [0.15, 0.2) is 0 Å². The number of unbranched alkanes of at least 4 members (excludes halogenated alkanes) is 1. The molecule has 6 nitrogen and oxygen atoms in total. The van der Waals surface area contributed by atoms with Gasteiger partial charge in [0.15, 0.2) is 0 Å². The van der Waals surface area contributed by atoms with Gasteiger partial charge in [-0.05, 0) is 58.3 Å². The van der Waals surface area contributed by atoms with Crippen molar-refractivity contribution in [2.45, 2.75) is 142 Å². The number of rotatable bonds is 16. The lowest BCUT2D eigenvalue weighted by atomic mass is 9.80. The van der Waals surface area contributed by atoms with Gasteiger partial charge in [0.05, 0.1) is 18.8 Å². The van der Waals surface area contributed by atoms with Crippen molar-refractivity contribution in [1.82, 2.24) is 0 Å². The molecular weight excluding hydrogens is 479 g/mol. The maximum atomic E-state index is 12.0. The molecule has 3 radical (unpaired) electrons. The van der Waals surface area contributed by atoms with E-state index in [1.54, 1.807) is 28.1 Å². The zero-order valence-electron chi connectivity index (χ0n) is 25.1. The van der Waals surface area contributed by atoms with Gasteiger partial charge >= 0.3 is 5.97 Å². The van der Waals surface area contributed by atoms with Gasteiger partial charge < -0.3 is 14.2 Å². The molecule has 2 aliphatic rings. The Kier molecular flexibility index (Phi) is 21.9. The van der Waals surface area contributed by atoms with Crippen LogP contribution in [0, 0.1) is 17.8 Å². The average Bonchev–Trinajstić information content (AvgIpc) is 2.88.